The first-order valence-electron chi connectivity index (χ1n) is 2.94. The minimum Gasteiger partial charge on any atom is -0.263 e. The van der Waals surface area contributed by atoms with Crippen LogP contribution in [0, 0.1) is 0 Å². The van der Waals surface area contributed by atoms with Gasteiger partial charge in [0.2, 0.25) is 0 Å². The number of rotatable bonds is 2. The van der Waals surface area contributed by atoms with Crippen LogP contribution in [0.1, 0.15) is 5.56 Å². The average Bonchev–Trinajstić information content (AvgIpc) is 2.03. The van der Waals surface area contributed by atoms with Crippen molar-refractivity contribution in [3.8, 4) is 0 Å². The Bertz CT molecular complexity index is 292. The van der Waals surface area contributed by atoms with Crippen molar-refractivity contribution in [2.45, 2.75) is 6.54 Å². The van der Waals surface area contributed by atoms with Crippen LogP contribution in [0.15, 0.2) is 23.6 Å². The lowest BCUT2D eigenvalue weighted by Crippen LogP contribution is -1.82. The van der Waals surface area contributed by atoms with Crippen LogP contribution < -0.4 is 0 Å². The Labute approximate surface area is 68.5 Å². The third kappa shape index (κ3) is 2.11. The topological polar surface area (TPSA) is 61.7 Å². The lowest BCUT2D eigenvalue weighted by atomic mass is 10.3. The van der Waals surface area contributed by atoms with Crippen molar-refractivity contribution in [2.75, 3.05) is 0 Å². The molecule has 0 saturated heterocycles. The molecular formula is C6H5ClN4. The largest absolute Gasteiger partial charge is 0.263 e. The van der Waals surface area contributed by atoms with E-state index in [9.17, 15) is 0 Å². The summed E-state index contributed by atoms with van der Waals surface area (Å²) in [6, 6.07) is 1.72. The van der Waals surface area contributed by atoms with Crippen molar-refractivity contribution >= 4 is 11.6 Å². The number of nitrogens with zero attached hydrogens (tertiary/aromatic N) is 4. The van der Waals surface area contributed by atoms with Gasteiger partial charge in [-0.25, -0.2) is 0 Å². The quantitative estimate of drug-likeness (QED) is 0.380. The molecule has 1 aromatic heterocycles. The fourth-order valence-corrected chi connectivity index (χ4v) is 0.819. The number of hydrogen-bond acceptors (Lipinski definition) is 2. The summed E-state index contributed by atoms with van der Waals surface area (Å²) in [4.78, 5) is 6.40. The smallest absolute Gasteiger partial charge is 0.0622 e. The second kappa shape index (κ2) is 3.81. The first-order valence-corrected chi connectivity index (χ1v) is 3.31. The Morgan fingerprint density at radius 3 is 3.18 bits per heavy atom. The number of halogens is 1. The van der Waals surface area contributed by atoms with Crippen molar-refractivity contribution in [3.05, 3.63) is 39.5 Å². The van der Waals surface area contributed by atoms with E-state index in [1.54, 1.807) is 12.3 Å². The summed E-state index contributed by atoms with van der Waals surface area (Å²) >= 11 is 5.71. The van der Waals surface area contributed by atoms with E-state index in [1.807, 2.05) is 0 Å². The first-order chi connectivity index (χ1) is 5.34. The fourth-order valence-electron chi connectivity index (χ4n) is 0.640. The molecule has 0 amide bonds. The Kier molecular flexibility index (Phi) is 2.72. The minimum absolute atomic E-state index is 0.276. The molecule has 0 spiro atoms. The zero-order chi connectivity index (χ0) is 8.10. The maximum Gasteiger partial charge on any atom is 0.0622 e. The second-order valence-corrected chi connectivity index (χ2v) is 2.26. The lowest BCUT2D eigenvalue weighted by molar-refractivity contribution is 1.04. The summed E-state index contributed by atoms with van der Waals surface area (Å²) < 4.78 is 0. The minimum atomic E-state index is 0.276. The van der Waals surface area contributed by atoms with E-state index in [0.29, 0.717) is 5.02 Å². The molecule has 5 heteroatoms. The summed E-state index contributed by atoms with van der Waals surface area (Å²) in [5, 5.41) is 3.90. The summed E-state index contributed by atoms with van der Waals surface area (Å²) in [7, 11) is 0. The molecule has 0 unspecified atom stereocenters. The maximum atomic E-state index is 8.02. The SMILES string of the molecule is [N-]=[N+]=NCc1ccncc1Cl. The molecule has 0 N–H and O–H groups in total. The highest BCUT2D eigenvalue weighted by Crippen LogP contribution is 2.13. The van der Waals surface area contributed by atoms with Crippen LogP contribution in [0.5, 0.6) is 0 Å². The molecule has 0 aromatic carbocycles. The second-order valence-electron chi connectivity index (χ2n) is 1.86. The van der Waals surface area contributed by atoms with Crippen molar-refractivity contribution in [1.29, 1.82) is 0 Å². The molecule has 4 nitrogen and oxygen atoms in total. The third-order valence-electron chi connectivity index (χ3n) is 1.16. The summed E-state index contributed by atoms with van der Waals surface area (Å²) in [6.45, 7) is 0.276. The van der Waals surface area contributed by atoms with E-state index in [-0.39, 0.29) is 6.54 Å². The van der Waals surface area contributed by atoms with Crippen molar-refractivity contribution in [2.24, 2.45) is 5.11 Å². The van der Waals surface area contributed by atoms with E-state index >= 15 is 0 Å². The molecule has 0 fully saturated rings. The molecule has 0 atom stereocenters. The molecule has 0 saturated carbocycles. The summed E-state index contributed by atoms with van der Waals surface area (Å²) in [5.74, 6) is 0. The Morgan fingerprint density at radius 1 is 1.73 bits per heavy atom. The van der Waals surface area contributed by atoms with Gasteiger partial charge in [0.25, 0.3) is 0 Å². The monoisotopic (exact) mass is 168 g/mol. The molecule has 1 heterocycles. The highest BCUT2D eigenvalue weighted by atomic mass is 35.5. The molecule has 0 aliphatic carbocycles. The molecule has 11 heavy (non-hydrogen) atoms. The van der Waals surface area contributed by atoms with Crippen LogP contribution in [0.25, 0.3) is 10.4 Å². The molecule has 0 bridgehead atoms. The zero-order valence-corrected chi connectivity index (χ0v) is 6.36. The van der Waals surface area contributed by atoms with Crippen molar-refractivity contribution < 1.29 is 0 Å². The summed E-state index contributed by atoms with van der Waals surface area (Å²) in [6.07, 6.45) is 3.12. The van der Waals surface area contributed by atoms with E-state index < -0.39 is 0 Å². The van der Waals surface area contributed by atoms with E-state index in [2.05, 4.69) is 15.0 Å². The van der Waals surface area contributed by atoms with Gasteiger partial charge < -0.3 is 0 Å². The van der Waals surface area contributed by atoms with Crippen LogP contribution in [-0.4, -0.2) is 4.98 Å². The maximum absolute atomic E-state index is 8.02. The molecule has 0 radical (unpaired) electrons. The number of azide groups is 1. The lowest BCUT2D eigenvalue weighted by Gasteiger charge is -1.95. The predicted octanol–water partition coefficient (Wildman–Crippen LogP) is 2.55. The van der Waals surface area contributed by atoms with Crippen LogP contribution in [0.2, 0.25) is 5.02 Å². The van der Waals surface area contributed by atoms with Crippen molar-refractivity contribution in [3.63, 3.8) is 0 Å². The third-order valence-corrected chi connectivity index (χ3v) is 1.50. The van der Waals surface area contributed by atoms with E-state index in [4.69, 9.17) is 17.1 Å². The predicted molar refractivity (Wildman–Crippen MR) is 42.1 cm³/mol. The van der Waals surface area contributed by atoms with Crippen LogP contribution >= 0.6 is 11.6 Å². The normalized spacial score (nSPS) is 8.82. The number of pyridine rings is 1. The van der Waals surface area contributed by atoms with Crippen molar-refractivity contribution in [1.82, 2.24) is 4.98 Å². The highest BCUT2D eigenvalue weighted by molar-refractivity contribution is 6.31. The van der Waals surface area contributed by atoms with E-state index in [0.717, 1.165) is 5.56 Å². The van der Waals surface area contributed by atoms with Gasteiger partial charge in [0.1, 0.15) is 0 Å². The van der Waals surface area contributed by atoms with E-state index in [1.165, 1.54) is 6.20 Å². The van der Waals surface area contributed by atoms with Crippen LogP contribution in [-0.2, 0) is 6.54 Å². The molecule has 1 rings (SSSR count). The van der Waals surface area contributed by atoms with Gasteiger partial charge in [-0.2, -0.15) is 0 Å². The fraction of sp³-hybridized carbons (Fsp3) is 0.167. The van der Waals surface area contributed by atoms with Gasteiger partial charge in [-0.1, -0.05) is 16.7 Å². The Balaban J connectivity index is 2.85. The Morgan fingerprint density at radius 2 is 2.55 bits per heavy atom. The summed E-state index contributed by atoms with van der Waals surface area (Å²) in [5.41, 5.74) is 8.81. The molecule has 56 valence electrons. The first kappa shape index (κ1) is 7.85. The number of hydrogen-bond donors (Lipinski definition) is 0. The van der Waals surface area contributed by atoms with Gasteiger partial charge in [0, 0.05) is 17.3 Å². The van der Waals surface area contributed by atoms with Gasteiger partial charge in [-0.15, -0.1) is 0 Å². The molecule has 0 aliphatic heterocycles. The van der Waals surface area contributed by atoms with Crippen LogP contribution in [0.4, 0.5) is 0 Å². The Hall–Kier alpha value is -1.25. The van der Waals surface area contributed by atoms with Gasteiger partial charge in [-0.3, -0.25) is 4.98 Å². The standard InChI is InChI=1S/C6H5ClN4/c7-6-4-9-2-1-5(6)3-10-11-8/h1-2,4H,3H2. The van der Waals surface area contributed by atoms with Gasteiger partial charge >= 0.3 is 0 Å². The highest BCUT2D eigenvalue weighted by Gasteiger charge is 1.95. The zero-order valence-electron chi connectivity index (χ0n) is 5.61. The molecular weight excluding hydrogens is 164 g/mol. The molecule has 0 aliphatic rings. The molecule has 1 aromatic rings. The van der Waals surface area contributed by atoms with Gasteiger partial charge in [0.15, 0.2) is 0 Å². The van der Waals surface area contributed by atoms with Gasteiger partial charge in [-0.05, 0) is 17.2 Å². The van der Waals surface area contributed by atoms with Crippen LogP contribution in [0.3, 0.4) is 0 Å². The number of aromatic nitrogens is 1. The van der Waals surface area contributed by atoms with Gasteiger partial charge in [0.05, 0.1) is 11.6 Å². The average molecular weight is 169 g/mol.